The van der Waals surface area contributed by atoms with E-state index < -0.39 is 5.92 Å². The highest BCUT2D eigenvalue weighted by Gasteiger charge is 2.40. The van der Waals surface area contributed by atoms with Crippen molar-refractivity contribution in [3.8, 4) is 11.8 Å². The lowest BCUT2D eigenvalue weighted by Gasteiger charge is -2.27. The summed E-state index contributed by atoms with van der Waals surface area (Å²) in [5.74, 6) is 0.203. The van der Waals surface area contributed by atoms with Gasteiger partial charge in [-0.2, -0.15) is 5.26 Å². The monoisotopic (exact) mass is 509 g/mol. The molecule has 0 saturated heterocycles. The zero-order valence-corrected chi connectivity index (χ0v) is 21.6. The number of imidazole rings is 1. The van der Waals surface area contributed by atoms with Gasteiger partial charge in [0.1, 0.15) is 12.4 Å². The van der Waals surface area contributed by atoms with E-state index in [2.05, 4.69) is 16.4 Å². The third-order valence-corrected chi connectivity index (χ3v) is 7.95. The van der Waals surface area contributed by atoms with Gasteiger partial charge in [0.2, 0.25) is 5.91 Å². The minimum absolute atomic E-state index is 0.0351. The number of nitriles is 1. The Bertz CT molecular complexity index is 1190. The maximum atomic E-state index is 12.9. The summed E-state index contributed by atoms with van der Waals surface area (Å²) in [6, 6.07) is 10.0. The maximum absolute atomic E-state index is 12.9. The standard InChI is InChI=1S/C26H31N5O4S/c1-17(19-6-4-5-7-22(19)34-3)12-24(32)29-25-21(13-27)20-8-9-30(15-23(20)36-25)26(33)35-11-10-31-16-28-14-18(31)2/h4-7,14,16-17,21,25H,8-12,15H2,1-3H3,(H,29,32). The minimum Gasteiger partial charge on any atom is -0.496 e. The Labute approximate surface area is 215 Å². The summed E-state index contributed by atoms with van der Waals surface area (Å²) in [4.78, 5) is 32.2. The lowest BCUT2D eigenvalue weighted by molar-refractivity contribution is -0.121. The fraction of sp³-hybridized carbons (Fsp3) is 0.462. The molecule has 2 aromatic rings. The molecule has 0 bridgehead atoms. The molecular weight excluding hydrogens is 478 g/mol. The number of nitrogens with zero attached hydrogens (tertiary/aromatic N) is 4. The van der Waals surface area contributed by atoms with Gasteiger partial charge in [0, 0.05) is 29.8 Å². The molecule has 1 aromatic carbocycles. The number of methoxy groups -OCH3 is 1. The van der Waals surface area contributed by atoms with Crippen LogP contribution in [0, 0.1) is 24.2 Å². The summed E-state index contributed by atoms with van der Waals surface area (Å²) in [6.07, 6.45) is 3.99. The SMILES string of the molecule is COc1ccccc1C(C)CC(=O)NC1SC2=C(CCN(C(=O)OCCn3cncc3C)C2)C1C#N. The number of hydrogen-bond acceptors (Lipinski definition) is 7. The number of amides is 2. The Kier molecular flexibility index (Phi) is 8.21. The Morgan fingerprint density at radius 2 is 2.17 bits per heavy atom. The molecule has 0 radical (unpaired) electrons. The highest BCUT2D eigenvalue weighted by Crippen LogP contribution is 2.44. The van der Waals surface area contributed by atoms with Gasteiger partial charge >= 0.3 is 6.09 Å². The van der Waals surface area contributed by atoms with Crippen LogP contribution >= 0.6 is 11.8 Å². The number of benzene rings is 1. The molecule has 1 aromatic heterocycles. The number of hydrogen-bond donors (Lipinski definition) is 1. The summed E-state index contributed by atoms with van der Waals surface area (Å²) in [5.41, 5.74) is 3.00. The molecule has 10 heteroatoms. The molecule has 9 nitrogen and oxygen atoms in total. The number of para-hydroxylation sites is 1. The highest BCUT2D eigenvalue weighted by atomic mass is 32.2. The van der Waals surface area contributed by atoms with Crippen molar-refractivity contribution in [2.24, 2.45) is 5.92 Å². The van der Waals surface area contributed by atoms with Crippen LogP contribution in [0.4, 0.5) is 4.79 Å². The van der Waals surface area contributed by atoms with Crippen LogP contribution in [0.5, 0.6) is 5.75 Å². The van der Waals surface area contributed by atoms with Crippen LogP contribution in [0.15, 0.2) is 47.3 Å². The second-order valence-electron chi connectivity index (χ2n) is 9.02. The van der Waals surface area contributed by atoms with Crippen LogP contribution in [0.3, 0.4) is 0 Å². The topological polar surface area (TPSA) is 109 Å². The number of nitrogens with one attached hydrogen (secondary N) is 1. The number of thioether (sulfide) groups is 1. The minimum atomic E-state index is -0.405. The zero-order chi connectivity index (χ0) is 25.7. The summed E-state index contributed by atoms with van der Waals surface area (Å²) in [7, 11) is 1.62. The average Bonchev–Trinajstić information content (AvgIpc) is 3.45. The van der Waals surface area contributed by atoms with Gasteiger partial charge in [-0.1, -0.05) is 25.1 Å². The van der Waals surface area contributed by atoms with Gasteiger partial charge in [0.05, 0.1) is 43.9 Å². The quantitative estimate of drug-likeness (QED) is 0.576. The average molecular weight is 510 g/mol. The lowest BCUT2D eigenvalue weighted by Crippen LogP contribution is -2.38. The maximum Gasteiger partial charge on any atom is 0.410 e. The van der Waals surface area contributed by atoms with Crippen LogP contribution in [0.2, 0.25) is 0 Å². The third kappa shape index (κ3) is 5.68. The lowest BCUT2D eigenvalue weighted by atomic mass is 9.94. The summed E-state index contributed by atoms with van der Waals surface area (Å²) in [6.45, 7) is 5.63. The predicted molar refractivity (Wildman–Crippen MR) is 136 cm³/mol. The number of aryl methyl sites for hydroxylation is 1. The molecule has 2 amide bonds. The summed E-state index contributed by atoms with van der Waals surface area (Å²) < 4.78 is 12.8. The van der Waals surface area contributed by atoms with E-state index in [-0.39, 0.29) is 36.3 Å². The van der Waals surface area contributed by atoms with Crippen LogP contribution in [-0.2, 0) is 16.1 Å². The molecule has 3 unspecified atom stereocenters. The van der Waals surface area contributed by atoms with E-state index in [0.717, 1.165) is 27.5 Å². The van der Waals surface area contributed by atoms with Gasteiger partial charge in [-0.25, -0.2) is 9.78 Å². The summed E-state index contributed by atoms with van der Waals surface area (Å²) in [5, 5.41) is 12.5. The molecule has 3 heterocycles. The molecule has 0 saturated carbocycles. The van der Waals surface area contributed by atoms with Gasteiger partial charge in [0.25, 0.3) is 0 Å². The van der Waals surface area contributed by atoms with E-state index in [1.54, 1.807) is 24.5 Å². The second-order valence-corrected chi connectivity index (χ2v) is 10.3. The fourth-order valence-corrected chi connectivity index (χ4v) is 6.10. The van der Waals surface area contributed by atoms with Crippen molar-refractivity contribution in [3.63, 3.8) is 0 Å². The van der Waals surface area contributed by atoms with Crippen molar-refractivity contribution < 1.29 is 19.1 Å². The number of rotatable bonds is 8. The van der Waals surface area contributed by atoms with E-state index >= 15 is 0 Å². The van der Waals surface area contributed by atoms with Crippen molar-refractivity contribution in [1.29, 1.82) is 5.26 Å². The first-order chi connectivity index (χ1) is 17.4. The number of aromatic nitrogens is 2. The Hall–Kier alpha value is -3.45. The molecular formula is C26H31N5O4S. The van der Waals surface area contributed by atoms with E-state index in [9.17, 15) is 14.9 Å². The van der Waals surface area contributed by atoms with Crippen molar-refractivity contribution in [3.05, 3.63) is 58.5 Å². The van der Waals surface area contributed by atoms with Crippen molar-refractivity contribution in [1.82, 2.24) is 19.8 Å². The first-order valence-electron chi connectivity index (χ1n) is 12.0. The molecule has 3 atom stereocenters. The Morgan fingerprint density at radius 3 is 2.89 bits per heavy atom. The zero-order valence-electron chi connectivity index (χ0n) is 20.8. The number of carbonyl (C=O) groups is 2. The van der Waals surface area contributed by atoms with E-state index in [0.29, 0.717) is 26.1 Å². The largest absolute Gasteiger partial charge is 0.496 e. The van der Waals surface area contributed by atoms with E-state index in [1.807, 2.05) is 42.7 Å². The molecule has 2 aliphatic heterocycles. The van der Waals surface area contributed by atoms with Crippen molar-refractivity contribution in [2.45, 2.75) is 44.5 Å². The predicted octanol–water partition coefficient (Wildman–Crippen LogP) is 3.82. The van der Waals surface area contributed by atoms with Gasteiger partial charge < -0.3 is 24.3 Å². The smallest absolute Gasteiger partial charge is 0.410 e. The first kappa shape index (κ1) is 25.6. The van der Waals surface area contributed by atoms with Gasteiger partial charge in [-0.15, -0.1) is 11.8 Å². The first-order valence-corrected chi connectivity index (χ1v) is 12.9. The van der Waals surface area contributed by atoms with Gasteiger partial charge in [-0.3, -0.25) is 4.79 Å². The fourth-order valence-electron chi connectivity index (χ4n) is 4.63. The molecule has 0 spiro atoms. The second kappa shape index (κ2) is 11.5. The van der Waals surface area contributed by atoms with E-state index in [1.165, 1.54) is 11.8 Å². The Morgan fingerprint density at radius 1 is 1.36 bits per heavy atom. The molecule has 36 heavy (non-hydrogen) atoms. The van der Waals surface area contributed by atoms with Gasteiger partial charge in [0.15, 0.2) is 0 Å². The molecule has 4 rings (SSSR count). The van der Waals surface area contributed by atoms with Crippen LogP contribution in [0.25, 0.3) is 0 Å². The van der Waals surface area contributed by atoms with Crippen molar-refractivity contribution >= 4 is 23.8 Å². The molecule has 2 aliphatic rings. The molecule has 190 valence electrons. The molecule has 0 fully saturated rings. The normalized spacial score (nSPS) is 19.9. The Balaban J connectivity index is 1.30. The van der Waals surface area contributed by atoms with Crippen LogP contribution in [0.1, 0.15) is 36.9 Å². The van der Waals surface area contributed by atoms with Gasteiger partial charge in [-0.05, 0) is 36.5 Å². The number of ether oxygens (including phenoxy) is 2. The molecule has 1 N–H and O–H groups in total. The van der Waals surface area contributed by atoms with E-state index in [4.69, 9.17) is 9.47 Å². The third-order valence-electron chi connectivity index (χ3n) is 6.63. The van der Waals surface area contributed by atoms with Crippen LogP contribution < -0.4 is 10.1 Å². The molecule has 0 aliphatic carbocycles. The summed E-state index contributed by atoms with van der Waals surface area (Å²) >= 11 is 1.47. The van der Waals surface area contributed by atoms with Crippen molar-refractivity contribution in [2.75, 3.05) is 26.8 Å². The highest BCUT2D eigenvalue weighted by molar-refractivity contribution is 8.04. The van der Waals surface area contributed by atoms with Crippen LogP contribution in [-0.4, -0.2) is 58.6 Å². The number of carbonyl (C=O) groups excluding carboxylic acids is 2.